The van der Waals surface area contributed by atoms with E-state index in [0.717, 1.165) is 52.9 Å². The van der Waals surface area contributed by atoms with Crippen LogP contribution in [0.1, 0.15) is 55.7 Å². The standard InChI is InChI=1S/C28H39N3O5S/c1-20-15-21(2)17-25(16-20)31(37(5,34)35)19-27(32)30(18-23-11-13-26(36-4)14-12-23)22(3)28(33)29-24-9-7-6-8-10-24/h11-17,22,24H,6-10,18-19H2,1-5H3,(H,29,33)/t22-/m0/s1. The Kier molecular flexibility index (Phi) is 9.59. The van der Waals surface area contributed by atoms with E-state index in [1.807, 2.05) is 32.0 Å². The number of carbonyl (C=O) groups is 2. The first-order valence-corrected chi connectivity index (χ1v) is 14.6. The van der Waals surface area contributed by atoms with E-state index in [1.54, 1.807) is 38.3 Å². The SMILES string of the molecule is COc1ccc(CN(C(=O)CN(c2cc(C)cc(C)c2)S(C)(=O)=O)[C@@H](C)C(=O)NC2CCCCC2)cc1. The van der Waals surface area contributed by atoms with Crippen molar-refractivity contribution in [2.24, 2.45) is 0 Å². The summed E-state index contributed by atoms with van der Waals surface area (Å²) in [4.78, 5) is 28.4. The van der Waals surface area contributed by atoms with Crippen LogP contribution >= 0.6 is 0 Å². The molecule has 0 bridgehead atoms. The minimum atomic E-state index is -3.76. The van der Waals surface area contributed by atoms with Gasteiger partial charge in [-0.2, -0.15) is 0 Å². The molecule has 0 spiro atoms. The van der Waals surface area contributed by atoms with Gasteiger partial charge in [0.15, 0.2) is 0 Å². The van der Waals surface area contributed by atoms with E-state index in [2.05, 4.69) is 5.32 Å². The molecule has 2 aromatic rings. The monoisotopic (exact) mass is 529 g/mol. The van der Waals surface area contributed by atoms with Crippen molar-refractivity contribution in [3.8, 4) is 5.75 Å². The molecule has 1 aliphatic carbocycles. The van der Waals surface area contributed by atoms with Gasteiger partial charge in [-0.15, -0.1) is 0 Å². The lowest BCUT2D eigenvalue weighted by molar-refractivity contribution is -0.139. The summed E-state index contributed by atoms with van der Waals surface area (Å²) in [6, 6.07) is 12.0. The smallest absolute Gasteiger partial charge is 0.244 e. The van der Waals surface area contributed by atoms with Crippen LogP contribution in [0.15, 0.2) is 42.5 Å². The number of anilines is 1. The number of nitrogens with one attached hydrogen (secondary N) is 1. The van der Waals surface area contributed by atoms with Crippen LogP contribution in [-0.4, -0.2) is 57.1 Å². The Morgan fingerprint density at radius 1 is 1.03 bits per heavy atom. The van der Waals surface area contributed by atoms with E-state index >= 15 is 0 Å². The summed E-state index contributed by atoms with van der Waals surface area (Å²) in [5.41, 5.74) is 3.03. The number of nitrogens with zero attached hydrogens (tertiary/aromatic N) is 2. The number of hydrogen-bond acceptors (Lipinski definition) is 5. The fourth-order valence-electron chi connectivity index (χ4n) is 4.79. The van der Waals surface area contributed by atoms with Crippen molar-refractivity contribution in [2.45, 2.75) is 71.5 Å². The Balaban J connectivity index is 1.89. The zero-order chi connectivity index (χ0) is 27.2. The minimum Gasteiger partial charge on any atom is -0.497 e. The third-order valence-corrected chi connectivity index (χ3v) is 7.95. The number of hydrogen-bond donors (Lipinski definition) is 1. The van der Waals surface area contributed by atoms with E-state index in [0.29, 0.717) is 11.4 Å². The van der Waals surface area contributed by atoms with Crippen molar-refractivity contribution >= 4 is 27.5 Å². The number of carbonyl (C=O) groups excluding carboxylic acids is 2. The largest absolute Gasteiger partial charge is 0.497 e. The van der Waals surface area contributed by atoms with E-state index in [-0.39, 0.29) is 18.5 Å². The molecule has 0 aromatic heterocycles. The number of methoxy groups -OCH3 is 1. The molecule has 8 nitrogen and oxygen atoms in total. The summed E-state index contributed by atoms with van der Waals surface area (Å²) < 4.78 is 31.9. The van der Waals surface area contributed by atoms with Crippen LogP contribution in [-0.2, 0) is 26.2 Å². The lowest BCUT2D eigenvalue weighted by Crippen LogP contribution is -2.53. The average Bonchev–Trinajstić information content (AvgIpc) is 2.85. The second-order valence-corrected chi connectivity index (χ2v) is 11.9. The topological polar surface area (TPSA) is 96.0 Å². The molecule has 0 unspecified atom stereocenters. The summed E-state index contributed by atoms with van der Waals surface area (Å²) in [5, 5.41) is 3.10. The first-order chi connectivity index (χ1) is 17.5. The van der Waals surface area contributed by atoms with E-state index in [9.17, 15) is 18.0 Å². The van der Waals surface area contributed by atoms with E-state index in [4.69, 9.17) is 4.74 Å². The molecule has 0 aliphatic heterocycles. The highest BCUT2D eigenvalue weighted by molar-refractivity contribution is 7.92. The Morgan fingerprint density at radius 2 is 1.62 bits per heavy atom. The zero-order valence-electron chi connectivity index (χ0n) is 22.5. The molecule has 1 fully saturated rings. The van der Waals surface area contributed by atoms with Gasteiger partial charge in [0.25, 0.3) is 0 Å². The molecule has 1 saturated carbocycles. The highest BCUT2D eigenvalue weighted by atomic mass is 32.2. The molecule has 9 heteroatoms. The van der Waals surface area contributed by atoms with Crippen LogP contribution in [0.5, 0.6) is 5.75 Å². The third kappa shape index (κ3) is 7.95. The van der Waals surface area contributed by atoms with Gasteiger partial charge in [0.05, 0.1) is 19.1 Å². The number of benzene rings is 2. The highest BCUT2D eigenvalue weighted by Gasteiger charge is 2.31. The van der Waals surface area contributed by atoms with Crippen molar-refractivity contribution in [3.63, 3.8) is 0 Å². The molecule has 1 aliphatic rings. The average molecular weight is 530 g/mol. The first kappa shape index (κ1) is 28.5. The third-order valence-electron chi connectivity index (χ3n) is 6.80. The Labute approximate surface area is 221 Å². The maximum atomic E-state index is 13.7. The quantitative estimate of drug-likeness (QED) is 0.503. The normalized spacial score (nSPS) is 15.1. The van der Waals surface area contributed by atoms with Gasteiger partial charge in [0, 0.05) is 12.6 Å². The van der Waals surface area contributed by atoms with Gasteiger partial charge in [-0.1, -0.05) is 37.5 Å². The first-order valence-electron chi connectivity index (χ1n) is 12.8. The van der Waals surface area contributed by atoms with Crippen LogP contribution in [0.3, 0.4) is 0 Å². The Morgan fingerprint density at radius 3 is 2.16 bits per heavy atom. The van der Waals surface area contributed by atoms with Crippen molar-refractivity contribution in [3.05, 3.63) is 59.2 Å². The van der Waals surface area contributed by atoms with Gasteiger partial charge in [0.2, 0.25) is 21.8 Å². The number of aryl methyl sites for hydroxylation is 2. The molecule has 0 radical (unpaired) electrons. The summed E-state index contributed by atoms with van der Waals surface area (Å²) in [6.45, 7) is 5.21. The summed E-state index contributed by atoms with van der Waals surface area (Å²) in [5.74, 6) is 0.000508. The molecule has 1 N–H and O–H groups in total. The second kappa shape index (κ2) is 12.4. The van der Waals surface area contributed by atoms with Crippen molar-refractivity contribution in [1.82, 2.24) is 10.2 Å². The molecule has 0 heterocycles. The zero-order valence-corrected chi connectivity index (χ0v) is 23.3. The van der Waals surface area contributed by atoms with Crippen LogP contribution in [0.25, 0.3) is 0 Å². The molecule has 2 amide bonds. The number of sulfonamides is 1. The number of rotatable bonds is 10. The number of amides is 2. The predicted octanol–water partition coefficient (Wildman–Crippen LogP) is 3.94. The van der Waals surface area contributed by atoms with Crippen molar-refractivity contribution in [1.29, 1.82) is 0 Å². The fraction of sp³-hybridized carbons (Fsp3) is 0.500. The Bertz CT molecular complexity index is 1170. The maximum absolute atomic E-state index is 13.7. The lowest BCUT2D eigenvalue weighted by atomic mass is 9.95. The molecule has 3 rings (SSSR count). The van der Waals surface area contributed by atoms with Crippen LogP contribution in [0, 0.1) is 13.8 Å². The maximum Gasteiger partial charge on any atom is 0.244 e. The lowest BCUT2D eigenvalue weighted by Gasteiger charge is -2.33. The summed E-state index contributed by atoms with van der Waals surface area (Å²) in [7, 11) is -2.18. The molecule has 1 atom stereocenters. The minimum absolute atomic E-state index is 0.101. The summed E-state index contributed by atoms with van der Waals surface area (Å²) >= 11 is 0. The van der Waals surface area contributed by atoms with Gasteiger partial charge in [-0.05, 0) is 74.6 Å². The van der Waals surface area contributed by atoms with E-state index in [1.165, 1.54) is 11.3 Å². The molecular formula is C28H39N3O5S. The van der Waals surface area contributed by atoms with Gasteiger partial charge in [-0.25, -0.2) is 8.42 Å². The Hall–Kier alpha value is -3.07. The van der Waals surface area contributed by atoms with Crippen molar-refractivity contribution < 1.29 is 22.7 Å². The van der Waals surface area contributed by atoms with Gasteiger partial charge in [0.1, 0.15) is 18.3 Å². The van der Waals surface area contributed by atoms with E-state index < -0.39 is 28.5 Å². The van der Waals surface area contributed by atoms with Gasteiger partial charge < -0.3 is 15.0 Å². The molecule has 202 valence electrons. The molecule has 2 aromatic carbocycles. The molecule has 37 heavy (non-hydrogen) atoms. The van der Waals surface area contributed by atoms with Crippen LogP contribution in [0.2, 0.25) is 0 Å². The predicted molar refractivity (Wildman–Crippen MR) is 146 cm³/mol. The van der Waals surface area contributed by atoms with Crippen LogP contribution in [0.4, 0.5) is 5.69 Å². The molecular weight excluding hydrogens is 490 g/mol. The summed E-state index contributed by atoms with van der Waals surface area (Å²) in [6.07, 6.45) is 6.27. The van der Waals surface area contributed by atoms with Gasteiger partial charge >= 0.3 is 0 Å². The highest BCUT2D eigenvalue weighted by Crippen LogP contribution is 2.23. The second-order valence-electron chi connectivity index (χ2n) is 10.0. The van der Waals surface area contributed by atoms with Crippen molar-refractivity contribution in [2.75, 3.05) is 24.2 Å². The molecule has 0 saturated heterocycles. The fourth-order valence-corrected chi connectivity index (χ4v) is 5.62. The number of ether oxygens (including phenoxy) is 1. The van der Waals surface area contributed by atoms with Gasteiger partial charge in [-0.3, -0.25) is 13.9 Å². The van der Waals surface area contributed by atoms with Crippen LogP contribution < -0.4 is 14.4 Å².